The van der Waals surface area contributed by atoms with E-state index in [2.05, 4.69) is 25.4 Å². The summed E-state index contributed by atoms with van der Waals surface area (Å²) in [5, 5.41) is 1.43. The second-order valence-corrected chi connectivity index (χ2v) is 3.92. The fraction of sp³-hybridized carbons (Fsp3) is 0.111. The van der Waals surface area contributed by atoms with Gasteiger partial charge in [0.05, 0.1) is 0 Å². The predicted octanol–water partition coefficient (Wildman–Crippen LogP) is 1.01. The Balaban J connectivity index is 2.27. The van der Waals surface area contributed by atoms with Crippen LogP contribution in [0.25, 0.3) is 0 Å². The molecule has 2 rings (SSSR count). The summed E-state index contributed by atoms with van der Waals surface area (Å²) >= 11 is 1.37. The molecule has 0 unspecified atom stereocenters. The molecule has 0 atom stereocenters. The zero-order chi connectivity index (χ0) is 11.4. The van der Waals surface area contributed by atoms with Gasteiger partial charge in [-0.05, 0) is 24.8 Å². The van der Waals surface area contributed by atoms with Crippen LogP contribution in [-0.4, -0.2) is 19.9 Å². The lowest BCUT2D eigenvalue weighted by molar-refractivity contribution is 0.945. The van der Waals surface area contributed by atoms with Crippen LogP contribution in [-0.2, 0) is 0 Å². The van der Waals surface area contributed by atoms with Gasteiger partial charge in [-0.1, -0.05) is 0 Å². The third-order valence-corrected chi connectivity index (χ3v) is 2.78. The first-order valence-corrected chi connectivity index (χ1v) is 5.36. The summed E-state index contributed by atoms with van der Waals surface area (Å²) in [7, 11) is 0. The Labute approximate surface area is 96.7 Å². The first kappa shape index (κ1) is 10.8. The summed E-state index contributed by atoms with van der Waals surface area (Å²) in [6, 6.07) is 1.77. The molecule has 2 aromatic rings. The van der Waals surface area contributed by atoms with E-state index >= 15 is 0 Å². The zero-order valence-corrected chi connectivity index (χ0v) is 9.40. The molecule has 0 spiro atoms. The Morgan fingerprint density at radius 2 is 2.00 bits per heavy atom. The number of nitrogens with one attached hydrogen (secondary N) is 1. The Morgan fingerprint density at radius 1 is 1.25 bits per heavy atom. The van der Waals surface area contributed by atoms with E-state index in [4.69, 9.17) is 5.84 Å². The number of aromatic nitrogens is 4. The molecular formula is C9H10N6S. The highest BCUT2D eigenvalue weighted by Crippen LogP contribution is 2.25. The maximum Gasteiger partial charge on any atom is 0.238 e. The minimum atomic E-state index is 0.379. The molecule has 0 radical (unpaired) electrons. The fourth-order valence-corrected chi connectivity index (χ4v) is 1.77. The van der Waals surface area contributed by atoms with Crippen molar-refractivity contribution in [2.24, 2.45) is 5.84 Å². The SMILES string of the molecule is Cc1cnc(NN)nc1Sc1ncccn1. The molecule has 3 N–H and O–H groups in total. The van der Waals surface area contributed by atoms with Crippen molar-refractivity contribution in [1.29, 1.82) is 0 Å². The van der Waals surface area contributed by atoms with Crippen molar-refractivity contribution in [3.63, 3.8) is 0 Å². The number of hydrazine groups is 1. The van der Waals surface area contributed by atoms with Crippen LogP contribution in [0.4, 0.5) is 5.95 Å². The first-order valence-electron chi connectivity index (χ1n) is 4.54. The van der Waals surface area contributed by atoms with E-state index in [1.165, 1.54) is 11.8 Å². The molecule has 6 nitrogen and oxygen atoms in total. The lowest BCUT2D eigenvalue weighted by atomic mass is 10.4. The van der Waals surface area contributed by atoms with Crippen molar-refractivity contribution in [2.45, 2.75) is 17.1 Å². The van der Waals surface area contributed by atoms with E-state index in [-0.39, 0.29) is 0 Å². The molecule has 2 aromatic heterocycles. The van der Waals surface area contributed by atoms with Gasteiger partial charge in [0.25, 0.3) is 0 Å². The van der Waals surface area contributed by atoms with Crippen molar-refractivity contribution in [2.75, 3.05) is 5.43 Å². The highest BCUT2D eigenvalue weighted by molar-refractivity contribution is 7.99. The fourth-order valence-electron chi connectivity index (χ4n) is 1.02. The number of hydrogen-bond acceptors (Lipinski definition) is 7. The van der Waals surface area contributed by atoms with Gasteiger partial charge in [0, 0.05) is 24.2 Å². The molecule has 0 amide bonds. The van der Waals surface area contributed by atoms with Gasteiger partial charge >= 0.3 is 0 Å². The van der Waals surface area contributed by atoms with E-state index < -0.39 is 0 Å². The second kappa shape index (κ2) is 4.86. The number of nitrogens with two attached hydrogens (primary N) is 1. The van der Waals surface area contributed by atoms with Gasteiger partial charge in [0.2, 0.25) is 5.95 Å². The number of rotatable bonds is 3. The molecule has 7 heteroatoms. The second-order valence-electron chi connectivity index (χ2n) is 2.96. The maximum atomic E-state index is 5.25. The third-order valence-electron chi connectivity index (χ3n) is 1.78. The van der Waals surface area contributed by atoms with Crippen LogP contribution in [0.15, 0.2) is 34.8 Å². The summed E-state index contributed by atoms with van der Waals surface area (Å²) in [5.74, 6) is 5.63. The minimum absolute atomic E-state index is 0.379. The van der Waals surface area contributed by atoms with Crippen molar-refractivity contribution >= 4 is 17.7 Å². The maximum absolute atomic E-state index is 5.25. The van der Waals surface area contributed by atoms with Gasteiger partial charge in [-0.3, -0.25) is 5.43 Å². The van der Waals surface area contributed by atoms with Crippen LogP contribution in [0.5, 0.6) is 0 Å². The quantitative estimate of drug-likeness (QED) is 0.354. The Morgan fingerprint density at radius 3 is 2.69 bits per heavy atom. The van der Waals surface area contributed by atoms with Gasteiger partial charge in [-0.15, -0.1) is 0 Å². The van der Waals surface area contributed by atoms with Crippen LogP contribution in [0.3, 0.4) is 0 Å². The number of aryl methyl sites for hydroxylation is 1. The minimum Gasteiger partial charge on any atom is -0.292 e. The molecule has 0 aliphatic rings. The number of anilines is 1. The van der Waals surface area contributed by atoms with Gasteiger partial charge < -0.3 is 0 Å². The molecular weight excluding hydrogens is 224 g/mol. The van der Waals surface area contributed by atoms with Gasteiger partial charge in [0.15, 0.2) is 5.16 Å². The molecule has 2 heterocycles. The van der Waals surface area contributed by atoms with Gasteiger partial charge in [0.1, 0.15) is 5.03 Å². The predicted molar refractivity (Wildman–Crippen MR) is 60.7 cm³/mol. The molecule has 0 aliphatic carbocycles. The third kappa shape index (κ3) is 2.44. The average molecular weight is 234 g/mol. The van der Waals surface area contributed by atoms with Crippen molar-refractivity contribution in [3.8, 4) is 0 Å². The van der Waals surface area contributed by atoms with Crippen LogP contribution in [0.1, 0.15) is 5.56 Å². The zero-order valence-electron chi connectivity index (χ0n) is 8.58. The van der Waals surface area contributed by atoms with E-state index in [0.29, 0.717) is 11.1 Å². The highest BCUT2D eigenvalue weighted by atomic mass is 32.2. The smallest absolute Gasteiger partial charge is 0.238 e. The first-order chi connectivity index (χ1) is 7.79. The Bertz CT molecular complexity index is 475. The van der Waals surface area contributed by atoms with Gasteiger partial charge in [-0.25, -0.2) is 25.8 Å². The molecule has 0 fully saturated rings. The van der Waals surface area contributed by atoms with Crippen LogP contribution in [0.2, 0.25) is 0 Å². The van der Waals surface area contributed by atoms with Crippen LogP contribution < -0.4 is 11.3 Å². The summed E-state index contributed by atoms with van der Waals surface area (Å²) in [6.45, 7) is 1.92. The molecule has 0 saturated carbocycles. The summed E-state index contributed by atoms with van der Waals surface area (Å²) in [4.78, 5) is 16.4. The number of nitrogens with zero attached hydrogens (tertiary/aromatic N) is 4. The summed E-state index contributed by atoms with van der Waals surface area (Å²) in [6.07, 6.45) is 5.08. The molecule has 0 saturated heterocycles. The topological polar surface area (TPSA) is 89.6 Å². The summed E-state index contributed by atoms with van der Waals surface area (Å²) in [5.41, 5.74) is 3.36. The monoisotopic (exact) mass is 234 g/mol. The Kier molecular flexibility index (Phi) is 3.28. The Hall–Kier alpha value is -1.73. The molecule has 82 valence electrons. The van der Waals surface area contributed by atoms with Crippen LogP contribution >= 0.6 is 11.8 Å². The molecule has 0 bridgehead atoms. The van der Waals surface area contributed by atoms with E-state index in [1.807, 2.05) is 6.92 Å². The van der Waals surface area contributed by atoms with Gasteiger partial charge in [-0.2, -0.15) is 0 Å². The van der Waals surface area contributed by atoms with E-state index in [1.54, 1.807) is 24.7 Å². The number of hydrogen-bond donors (Lipinski definition) is 2. The highest BCUT2D eigenvalue weighted by Gasteiger charge is 2.06. The van der Waals surface area contributed by atoms with Crippen LogP contribution in [0, 0.1) is 6.92 Å². The molecule has 0 aromatic carbocycles. The molecule has 0 aliphatic heterocycles. The van der Waals surface area contributed by atoms with Crippen molar-refractivity contribution in [3.05, 3.63) is 30.2 Å². The van der Waals surface area contributed by atoms with Crippen molar-refractivity contribution < 1.29 is 0 Å². The summed E-state index contributed by atoms with van der Waals surface area (Å²) < 4.78 is 0. The normalized spacial score (nSPS) is 10.1. The average Bonchev–Trinajstić information content (AvgIpc) is 2.33. The standard InChI is InChI=1S/C9H10N6S/c1-6-5-13-8(15-10)14-7(6)16-9-11-3-2-4-12-9/h2-5H,10H2,1H3,(H,13,14,15). The van der Waals surface area contributed by atoms with E-state index in [9.17, 15) is 0 Å². The van der Waals surface area contributed by atoms with E-state index in [0.717, 1.165) is 10.6 Å². The largest absolute Gasteiger partial charge is 0.292 e. The molecule has 16 heavy (non-hydrogen) atoms. The van der Waals surface area contributed by atoms with Crippen molar-refractivity contribution in [1.82, 2.24) is 19.9 Å². The lowest BCUT2D eigenvalue weighted by Crippen LogP contribution is -2.10. The number of nitrogen functional groups attached to an aromatic ring is 1. The lowest BCUT2D eigenvalue weighted by Gasteiger charge is -2.04.